The summed E-state index contributed by atoms with van der Waals surface area (Å²) in [5, 5.41) is 2.99. The second-order valence-corrected chi connectivity index (χ2v) is 5.58. The van der Waals surface area contributed by atoms with Gasteiger partial charge in [0.25, 0.3) is 0 Å². The first-order valence-electron chi connectivity index (χ1n) is 7.58. The van der Waals surface area contributed by atoms with Crippen LogP contribution in [-0.4, -0.2) is 69.6 Å². The smallest absolute Gasteiger partial charge is 0.243 e. The molecule has 0 radical (unpaired) electrons. The fraction of sp³-hybridized carbons (Fsp3) is 0.500. The number of ether oxygens (including phenoxy) is 1. The maximum Gasteiger partial charge on any atom is 0.243 e. The van der Waals surface area contributed by atoms with Crippen LogP contribution in [0, 0.1) is 17.5 Å². The number of carbonyl (C=O) groups is 1. The number of aliphatic imine (C=N–C) groups is 1. The number of carbonyl (C=O) groups excluding carboxylic acids is 1. The number of nitrogens with one attached hydrogen (secondary N) is 1. The molecule has 0 unspecified atom stereocenters. The molecule has 9 heteroatoms. The van der Waals surface area contributed by atoms with Crippen molar-refractivity contribution in [2.75, 3.05) is 47.9 Å². The van der Waals surface area contributed by atoms with E-state index in [1.807, 2.05) is 0 Å². The van der Waals surface area contributed by atoms with Crippen molar-refractivity contribution < 1.29 is 22.7 Å². The molecule has 0 aliphatic carbocycles. The molecule has 1 rings (SSSR count). The van der Waals surface area contributed by atoms with E-state index in [2.05, 4.69) is 10.3 Å². The first kappa shape index (κ1) is 20.8. The Morgan fingerprint density at radius 3 is 2.32 bits per heavy atom. The van der Waals surface area contributed by atoms with E-state index in [1.165, 1.54) is 4.90 Å². The Morgan fingerprint density at radius 2 is 1.80 bits per heavy atom. The highest BCUT2D eigenvalue weighted by Crippen LogP contribution is 2.14. The molecule has 1 amide bonds. The summed E-state index contributed by atoms with van der Waals surface area (Å²) >= 11 is 0. The van der Waals surface area contributed by atoms with Gasteiger partial charge in [0, 0.05) is 41.3 Å². The van der Waals surface area contributed by atoms with E-state index in [0.29, 0.717) is 19.1 Å². The number of methoxy groups -OCH3 is 1. The summed E-state index contributed by atoms with van der Waals surface area (Å²) in [6.07, 6.45) is 0. The standard InChI is InChI=1S/C16H23F3N4O2/c1-22(2)14(24)9-21-16(20-5-6-25-4)23(3)10-11-7-12(17)15(19)13(18)8-11/h7-8H,5-6,9-10H2,1-4H3,(H,20,21). The van der Waals surface area contributed by atoms with Crippen LogP contribution < -0.4 is 5.32 Å². The molecule has 140 valence electrons. The molecule has 0 aromatic heterocycles. The summed E-state index contributed by atoms with van der Waals surface area (Å²) in [6.45, 7) is 0.831. The summed E-state index contributed by atoms with van der Waals surface area (Å²) in [5.74, 6) is -3.85. The van der Waals surface area contributed by atoms with Crippen LogP contribution in [0.4, 0.5) is 13.2 Å². The van der Waals surface area contributed by atoms with Gasteiger partial charge in [0.05, 0.1) is 6.61 Å². The molecule has 25 heavy (non-hydrogen) atoms. The summed E-state index contributed by atoms with van der Waals surface area (Å²) < 4.78 is 44.7. The molecule has 0 aliphatic heterocycles. The first-order valence-corrected chi connectivity index (χ1v) is 7.58. The van der Waals surface area contributed by atoms with Crippen molar-refractivity contribution in [3.8, 4) is 0 Å². The fourth-order valence-corrected chi connectivity index (χ4v) is 1.91. The third kappa shape index (κ3) is 6.61. The Hall–Kier alpha value is -2.29. The molecule has 0 saturated carbocycles. The molecule has 6 nitrogen and oxygen atoms in total. The van der Waals surface area contributed by atoms with Gasteiger partial charge in [-0.25, -0.2) is 18.2 Å². The van der Waals surface area contributed by atoms with E-state index in [-0.39, 0.29) is 24.6 Å². The Kier molecular flexibility index (Phi) is 8.20. The van der Waals surface area contributed by atoms with Crippen LogP contribution in [0.25, 0.3) is 0 Å². The third-order valence-corrected chi connectivity index (χ3v) is 3.28. The molecule has 1 N–H and O–H groups in total. The summed E-state index contributed by atoms with van der Waals surface area (Å²) in [4.78, 5) is 18.9. The Labute approximate surface area is 145 Å². The average molecular weight is 360 g/mol. The molecule has 0 aliphatic rings. The second-order valence-electron chi connectivity index (χ2n) is 5.58. The lowest BCUT2D eigenvalue weighted by atomic mass is 10.2. The Bertz CT molecular complexity index is 600. The van der Waals surface area contributed by atoms with E-state index in [9.17, 15) is 18.0 Å². The number of likely N-dealkylation sites (N-methyl/N-ethyl adjacent to an activating group) is 1. The molecule has 0 atom stereocenters. The van der Waals surface area contributed by atoms with Crippen LogP contribution in [0.2, 0.25) is 0 Å². The predicted octanol–water partition coefficient (Wildman–Crippen LogP) is 1.22. The van der Waals surface area contributed by atoms with Crippen LogP contribution in [0.1, 0.15) is 5.56 Å². The normalized spacial score (nSPS) is 11.4. The van der Waals surface area contributed by atoms with E-state index >= 15 is 0 Å². The van der Waals surface area contributed by atoms with E-state index in [1.54, 1.807) is 33.2 Å². The highest BCUT2D eigenvalue weighted by molar-refractivity contribution is 5.84. The predicted molar refractivity (Wildman–Crippen MR) is 88.7 cm³/mol. The molecular formula is C16H23F3N4O2. The monoisotopic (exact) mass is 360 g/mol. The molecule has 1 aromatic rings. The zero-order valence-corrected chi connectivity index (χ0v) is 14.8. The van der Waals surface area contributed by atoms with Gasteiger partial charge < -0.3 is 19.9 Å². The summed E-state index contributed by atoms with van der Waals surface area (Å²) in [6, 6.07) is 1.85. The van der Waals surface area contributed by atoms with Crippen molar-refractivity contribution in [1.82, 2.24) is 15.1 Å². The highest BCUT2D eigenvalue weighted by atomic mass is 19.2. The number of nitrogens with zero attached hydrogens (tertiary/aromatic N) is 3. The maximum absolute atomic E-state index is 13.3. The number of amides is 1. The molecule has 0 bridgehead atoms. The van der Waals surface area contributed by atoms with Gasteiger partial charge in [-0.15, -0.1) is 0 Å². The van der Waals surface area contributed by atoms with Gasteiger partial charge in [0.15, 0.2) is 23.4 Å². The van der Waals surface area contributed by atoms with Crippen LogP contribution in [0.5, 0.6) is 0 Å². The number of rotatable bonds is 7. The molecule has 0 fully saturated rings. The number of guanidine groups is 1. The van der Waals surface area contributed by atoms with E-state index in [0.717, 1.165) is 12.1 Å². The van der Waals surface area contributed by atoms with Gasteiger partial charge in [-0.3, -0.25) is 4.79 Å². The van der Waals surface area contributed by atoms with Crippen molar-refractivity contribution in [1.29, 1.82) is 0 Å². The number of hydrogen-bond acceptors (Lipinski definition) is 3. The van der Waals surface area contributed by atoms with Crippen LogP contribution >= 0.6 is 0 Å². The molecule has 0 heterocycles. The summed E-state index contributed by atoms with van der Waals surface area (Å²) in [7, 11) is 6.41. The number of benzene rings is 1. The number of hydrogen-bond donors (Lipinski definition) is 1. The van der Waals surface area contributed by atoms with Crippen LogP contribution in [-0.2, 0) is 16.1 Å². The van der Waals surface area contributed by atoms with Crippen molar-refractivity contribution >= 4 is 11.9 Å². The van der Waals surface area contributed by atoms with Gasteiger partial charge in [0.1, 0.15) is 6.54 Å². The Morgan fingerprint density at radius 1 is 1.20 bits per heavy atom. The molecule has 1 aromatic carbocycles. The maximum atomic E-state index is 13.3. The zero-order chi connectivity index (χ0) is 19.0. The van der Waals surface area contributed by atoms with Crippen LogP contribution in [0.15, 0.2) is 17.1 Å². The minimum absolute atomic E-state index is 0.0725. The van der Waals surface area contributed by atoms with Crippen molar-refractivity contribution in [3.63, 3.8) is 0 Å². The third-order valence-electron chi connectivity index (χ3n) is 3.28. The highest BCUT2D eigenvalue weighted by Gasteiger charge is 2.14. The van der Waals surface area contributed by atoms with Gasteiger partial charge >= 0.3 is 0 Å². The van der Waals surface area contributed by atoms with Gasteiger partial charge in [-0.1, -0.05) is 0 Å². The van der Waals surface area contributed by atoms with Crippen molar-refractivity contribution in [3.05, 3.63) is 35.1 Å². The molecule has 0 spiro atoms. The lowest BCUT2D eigenvalue weighted by Gasteiger charge is -2.23. The second kappa shape index (κ2) is 9.87. The van der Waals surface area contributed by atoms with Crippen molar-refractivity contribution in [2.45, 2.75) is 6.54 Å². The van der Waals surface area contributed by atoms with Crippen LogP contribution in [0.3, 0.4) is 0 Å². The lowest BCUT2D eigenvalue weighted by Crippen LogP contribution is -2.41. The van der Waals surface area contributed by atoms with E-state index < -0.39 is 17.5 Å². The lowest BCUT2D eigenvalue weighted by molar-refractivity contribution is -0.127. The zero-order valence-electron chi connectivity index (χ0n) is 14.8. The van der Waals surface area contributed by atoms with Crippen molar-refractivity contribution in [2.24, 2.45) is 4.99 Å². The Balaban J connectivity index is 2.88. The van der Waals surface area contributed by atoms with Gasteiger partial charge in [-0.2, -0.15) is 0 Å². The fourth-order valence-electron chi connectivity index (χ4n) is 1.91. The number of halogens is 3. The average Bonchev–Trinajstić information content (AvgIpc) is 2.55. The van der Waals surface area contributed by atoms with E-state index in [4.69, 9.17) is 4.74 Å². The molecule has 0 saturated heterocycles. The largest absolute Gasteiger partial charge is 0.383 e. The topological polar surface area (TPSA) is 57.2 Å². The SMILES string of the molecule is COCCNC(=NCC(=O)N(C)C)N(C)Cc1cc(F)c(F)c(F)c1. The minimum Gasteiger partial charge on any atom is -0.383 e. The minimum atomic E-state index is -1.50. The quantitative estimate of drug-likeness (QED) is 0.344. The summed E-state index contributed by atoms with van der Waals surface area (Å²) in [5.41, 5.74) is 0.235. The van der Waals surface area contributed by atoms with Gasteiger partial charge in [0.2, 0.25) is 5.91 Å². The van der Waals surface area contributed by atoms with Gasteiger partial charge in [-0.05, 0) is 17.7 Å². The molecular weight excluding hydrogens is 337 g/mol. The first-order chi connectivity index (χ1) is 11.8.